The average Bonchev–Trinajstić information content (AvgIpc) is 2.50. The van der Waals surface area contributed by atoms with Gasteiger partial charge in [0.1, 0.15) is 6.61 Å². The van der Waals surface area contributed by atoms with E-state index in [4.69, 9.17) is 9.47 Å². The van der Waals surface area contributed by atoms with E-state index in [0.29, 0.717) is 19.3 Å². The van der Waals surface area contributed by atoms with Gasteiger partial charge >= 0.3 is 0 Å². The van der Waals surface area contributed by atoms with E-state index in [1.165, 1.54) is 12.8 Å². The van der Waals surface area contributed by atoms with E-state index in [1.54, 1.807) is 0 Å². The summed E-state index contributed by atoms with van der Waals surface area (Å²) >= 11 is 3.54. The number of alkyl halides is 1. The molecule has 0 aliphatic carbocycles. The topological polar surface area (TPSA) is 21.7 Å². The smallest absolute Gasteiger partial charge is 0.161 e. The average molecular weight is 358 g/mol. The molecular weight excluding hydrogens is 330 g/mol. The first-order valence-electron chi connectivity index (χ1n) is 7.91. The summed E-state index contributed by atoms with van der Waals surface area (Å²) in [5.41, 5.74) is 0. The van der Waals surface area contributed by atoms with E-state index in [2.05, 4.69) is 34.7 Å². The minimum atomic E-state index is 0.633. The summed E-state index contributed by atoms with van der Waals surface area (Å²) in [5, 5.41) is 0.999. The second-order valence-corrected chi connectivity index (χ2v) is 5.72. The maximum atomic E-state index is 5.92. The van der Waals surface area contributed by atoms with Crippen molar-refractivity contribution in [2.45, 2.75) is 39.7 Å². The Morgan fingerprint density at radius 1 is 1.00 bits per heavy atom. The second kappa shape index (κ2) is 10.9. The highest BCUT2D eigenvalue weighted by Gasteiger charge is 2.14. The molecule has 0 saturated carbocycles. The highest BCUT2D eigenvalue weighted by atomic mass is 79.9. The van der Waals surface area contributed by atoms with Crippen LogP contribution in [-0.2, 0) is 0 Å². The van der Waals surface area contributed by atoms with Crippen molar-refractivity contribution in [1.82, 2.24) is 4.90 Å². The summed E-state index contributed by atoms with van der Waals surface area (Å²) in [6.07, 6.45) is 2.36. The van der Waals surface area contributed by atoms with Gasteiger partial charge in [0, 0.05) is 24.5 Å². The van der Waals surface area contributed by atoms with Gasteiger partial charge < -0.3 is 9.47 Å². The van der Waals surface area contributed by atoms with Gasteiger partial charge in [0.15, 0.2) is 11.5 Å². The number of halogens is 1. The third kappa shape index (κ3) is 6.27. The molecule has 0 unspecified atom stereocenters. The number of hydrogen-bond donors (Lipinski definition) is 0. The van der Waals surface area contributed by atoms with Gasteiger partial charge in [-0.25, -0.2) is 0 Å². The predicted octanol–water partition coefficient (Wildman–Crippen LogP) is 4.35. The number of rotatable bonds is 11. The third-order valence-corrected chi connectivity index (χ3v) is 3.97. The van der Waals surface area contributed by atoms with Crippen LogP contribution in [0.3, 0.4) is 0 Å². The first kappa shape index (κ1) is 18.3. The number of nitrogens with zero attached hydrogens (tertiary/aromatic N) is 1. The zero-order chi connectivity index (χ0) is 15.5. The SMILES string of the molecule is CCOc1ccccc1OCCN(CCBr)C(CC)CC. The van der Waals surface area contributed by atoms with Gasteiger partial charge in [-0.2, -0.15) is 0 Å². The lowest BCUT2D eigenvalue weighted by molar-refractivity contribution is 0.158. The highest BCUT2D eigenvalue weighted by molar-refractivity contribution is 9.09. The van der Waals surface area contributed by atoms with Crippen LogP contribution in [0.5, 0.6) is 11.5 Å². The maximum absolute atomic E-state index is 5.92. The number of ether oxygens (including phenoxy) is 2. The lowest BCUT2D eigenvalue weighted by atomic mass is 10.1. The van der Waals surface area contributed by atoms with Crippen molar-refractivity contribution in [1.29, 1.82) is 0 Å². The van der Waals surface area contributed by atoms with Gasteiger partial charge in [-0.05, 0) is 31.9 Å². The summed E-state index contributed by atoms with van der Waals surface area (Å²) in [6.45, 7) is 9.83. The number of hydrogen-bond acceptors (Lipinski definition) is 3. The molecule has 21 heavy (non-hydrogen) atoms. The monoisotopic (exact) mass is 357 g/mol. The molecule has 4 heteroatoms. The first-order valence-corrected chi connectivity index (χ1v) is 9.03. The Labute approximate surface area is 137 Å². The van der Waals surface area contributed by atoms with Gasteiger partial charge in [-0.1, -0.05) is 41.9 Å². The molecule has 0 bridgehead atoms. The van der Waals surface area contributed by atoms with Crippen LogP contribution in [0.1, 0.15) is 33.6 Å². The molecule has 0 aliphatic rings. The molecule has 0 spiro atoms. The summed E-state index contributed by atoms with van der Waals surface area (Å²) in [6, 6.07) is 8.51. The molecule has 0 N–H and O–H groups in total. The van der Waals surface area contributed by atoms with E-state index in [9.17, 15) is 0 Å². The normalized spacial score (nSPS) is 11.1. The van der Waals surface area contributed by atoms with Crippen LogP contribution in [0, 0.1) is 0 Å². The molecule has 0 heterocycles. The molecule has 0 amide bonds. The molecule has 0 aromatic heterocycles. The molecule has 0 aliphatic heterocycles. The van der Waals surface area contributed by atoms with Crippen molar-refractivity contribution in [2.24, 2.45) is 0 Å². The molecule has 3 nitrogen and oxygen atoms in total. The Morgan fingerprint density at radius 2 is 1.62 bits per heavy atom. The summed E-state index contributed by atoms with van der Waals surface area (Å²) in [4.78, 5) is 2.50. The first-order chi connectivity index (χ1) is 10.3. The predicted molar refractivity (Wildman–Crippen MR) is 92.8 cm³/mol. The van der Waals surface area contributed by atoms with Crippen molar-refractivity contribution < 1.29 is 9.47 Å². The third-order valence-electron chi connectivity index (χ3n) is 3.62. The van der Waals surface area contributed by atoms with E-state index >= 15 is 0 Å². The lowest BCUT2D eigenvalue weighted by Crippen LogP contribution is -2.38. The second-order valence-electron chi connectivity index (χ2n) is 4.92. The van der Waals surface area contributed by atoms with Crippen molar-refractivity contribution in [3.8, 4) is 11.5 Å². The Kier molecular flexibility index (Phi) is 9.51. The molecule has 1 rings (SSSR count). The quantitative estimate of drug-likeness (QED) is 0.549. The molecule has 1 aromatic carbocycles. The molecular formula is C17H28BrNO2. The standard InChI is InChI=1S/C17H28BrNO2/c1-4-15(5-2)19(12-11-18)13-14-21-17-10-8-7-9-16(17)20-6-3/h7-10,15H,4-6,11-14H2,1-3H3. The zero-order valence-electron chi connectivity index (χ0n) is 13.5. The molecule has 0 saturated heterocycles. The largest absolute Gasteiger partial charge is 0.490 e. The highest BCUT2D eigenvalue weighted by Crippen LogP contribution is 2.26. The van der Waals surface area contributed by atoms with Gasteiger partial charge in [-0.15, -0.1) is 0 Å². The molecule has 120 valence electrons. The van der Waals surface area contributed by atoms with Crippen LogP contribution in [0.15, 0.2) is 24.3 Å². The minimum Gasteiger partial charge on any atom is -0.490 e. The summed E-state index contributed by atoms with van der Waals surface area (Å²) < 4.78 is 11.5. The molecule has 1 aromatic rings. The van der Waals surface area contributed by atoms with Gasteiger partial charge in [0.05, 0.1) is 6.61 Å². The number of benzene rings is 1. The van der Waals surface area contributed by atoms with Crippen LogP contribution in [-0.4, -0.2) is 42.6 Å². The molecule has 0 radical (unpaired) electrons. The van der Waals surface area contributed by atoms with E-state index in [0.717, 1.165) is 29.9 Å². The van der Waals surface area contributed by atoms with E-state index in [1.807, 2.05) is 31.2 Å². The Bertz CT molecular complexity index is 383. The van der Waals surface area contributed by atoms with Crippen molar-refractivity contribution in [3.05, 3.63) is 24.3 Å². The molecule has 0 fully saturated rings. The molecule has 0 atom stereocenters. The minimum absolute atomic E-state index is 0.633. The Balaban J connectivity index is 2.53. The van der Waals surface area contributed by atoms with Gasteiger partial charge in [-0.3, -0.25) is 4.90 Å². The summed E-state index contributed by atoms with van der Waals surface area (Å²) in [7, 11) is 0. The van der Waals surface area contributed by atoms with Crippen LogP contribution >= 0.6 is 15.9 Å². The Morgan fingerprint density at radius 3 is 2.14 bits per heavy atom. The van der Waals surface area contributed by atoms with Crippen LogP contribution in [0.4, 0.5) is 0 Å². The van der Waals surface area contributed by atoms with Crippen molar-refractivity contribution >= 4 is 15.9 Å². The van der Waals surface area contributed by atoms with Crippen molar-refractivity contribution in [3.63, 3.8) is 0 Å². The lowest BCUT2D eigenvalue weighted by Gasteiger charge is -2.29. The van der Waals surface area contributed by atoms with Crippen LogP contribution in [0.25, 0.3) is 0 Å². The van der Waals surface area contributed by atoms with Gasteiger partial charge in [0.2, 0.25) is 0 Å². The van der Waals surface area contributed by atoms with Crippen LogP contribution in [0.2, 0.25) is 0 Å². The Hall–Kier alpha value is -0.740. The van der Waals surface area contributed by atoms with Crippen molar-refractivity contribution in [2.75, 3.05) is 31.6 Å². The fourth-order valence-electron chi connectivity index (χ4n) is 2.51. The number of para-hydroxylation sites is 2. The van der Waals surface area contributed by atoms with E-state index < -0.39 is 0 Å². The fourth-order valence-corrected chi connectivity index (χ4v) is 2.96. The van der Waals surface area contributed by atoms with E-state index in [-0.39, 0.29) is 0 Å². The summed E-state index contributed by atoms with van der Waals surface area (Å²) in [5.74, 6) is 1.66. The van der Waals surface area contributed by atoms with Gasteiger partial charge in [0.25, 0.3) is 0 Å². The van der Waals surface area contributed by atoms with Crippen LogP contribution < -0.4 is 9.47 Å². The zero-order valence-corrected chi connectivity index (χ0v) is 15.1. The maximum Gasteiger partial charge on any atom is 0.161 e. The fraction of sp³-hybridized carbons (Fsp3) is 0.647.